The number of nitrogens with zero attached hydrogens (tertiary/aromatic N) is 2. The topological polar surface area (TPSA) is 6.48 Å². The first-order chi connectivity index (χ1) is 29.1. The Morgan fingerprint density at radius 2 is 0.831 bits per heavy atom. The van der Waals surface area contributed by atoms with E-state index < -0.39 is 0 Å². The normalized spacial score (nSPS) is 23.1. The second kappa shape index (κ2) is 14.5. The third kappa shape index (κ3) is 5.59. The minimum atomic E-state index is -0.0390. The van der Waals surface area contributed by atoms with Crippen molar-refractivity contribution in [3.63, 3.8) is 0 Å². The van der Waals surface area contributed by atoms with E-state index >= 15 is 0 Å². The Kier molecular flexibility index (Phi) is 8.88. The molecule has 0 N–H and O–H groups in total. The molecule has 12 rings (SSSR count). The molecular weight excluding hydrogens is 713 g/mol. The SMILES string of the molecule is CCC1(CC)c2ccccc2-c2cccc(N(c3ccccc3)c3ccc(C4(c5ccc(N(c6ccccc6)c6ccccc6)cc5)C5CC6CC(C5)CC4C6)cc3)c21. The molecule has 0 aliphatic heterocycles. The van der Waals surface area contributed by atoms with E-state index in [-0.39, 0.29) is 10.8 Å². The summed E-state index contributed by atoms with van der Waals surface area (Å²) in [5.74, 6) is 3.08. The third-order valence-electron chi connectivity index (χ3n) is 15.4. The van der Waals surface area contributed by atoms with Crippen molar-refractivity contribution in [1.82, 2.24) is 0 Å². The molecule has 0 unspecified atom stereocenters. The Hall–Kier alpha value is -5.86. The summed E-state index contributed by atoms with van der Waals surface area (Å²) in [6.07, 6.45) is 8.95. The van der Waals surface area contributed by atoms with E-state index in [0.717, 1.165) is 24.7 Å². The minimum absolute atomic E-state index is 0.00158. The summed E-state index contributed by atoms with van der Waals surface area (Å²) < 4.78 is 0. The summed E-state index contributed by atoms with van der Waals surface area (Å²) in [6.45, 7) is 4.76. The van der Waals surface area contributed by atoms with Crippen LogP contribution in [0.25, 0.3) is 11.1 Å². The van der Waals surface area contributed by atoms with Crippen molar-refractivity contribution in [1.29, 1.82) is 0 Å². The molecule has 4 fully saturated rings. The first kappa shape index (κ1) is 36.2. The molecule has 292 valence electrons. The van der Waals surface area contributed by atoms with Crippen molar-refractivity contribution in [3.8, 4) is 11.1 Å². The highest BCUT2D eigenvalue weighted by molar-refractivity contribution is 5.91. The van der Waals surface area contributed by atoms with Crippen LogP contribution in [0.5, 0.6) is 0 Å². The quantitative estimate of drug-likeness (QED) is 0.137. The van der Waals surface area contributed by atoms with Gasteiger partial charge in [-0.15, -0.1) is 0 Å². The van der Waals surface area contributed by atoms with Crippen LogP contribution in [0.3, 0.4) is 0 Å². The Labute approximate surface area is 351 Å². The monoisotopic (exact) mass is 766 g/mol. The fourth-order valence-electron chi connectivity index (χ4n) is 13.1. The molecule has 7 aromatic rings. The van der Waals surface area contributed by atoms with Gasteiger partial charge in [-0.05, 0) is 169 Å². The zero-order chi connectivity index (χ0) is 39.6. The Morgan fingerprint density at radius 1 is 0.407 bits per heavy atom. The third-order valence-corrected chi connectivity index (χ3v) is 15.4. The molecule has 4 bridgehead atoms. The van der Waals surface area contributed by atoms with Crippen molar-refractivity contribution in [2.24, 2.45) is 23.7 Å². The summed E-state index contributed by atoms with van der Waals surface area (Å²) >= 11 is 0. The van der Waals surface area contributed by atoms with Crippen molar-refractivity contribution >= 4 is 34.1 Å². The average molecular weight is 767 g/mol. The molecule has 5 aliphatic carbocycles. The number of hydrogen-bond donors (Lipinski definition) is 0. The Morgan fingerprint density at radius 3 is 1.34 bits per heavy atom. The van der Waals surface area contributed by atoms with Crippen LogP contribution in [0.1, 0.15) is 81.0 Å². The molecule has 7 aromatic carbocycles. The van der Waals surface area contributed by atoms with Crippen LogP contribution in [0, 0.1) is 23.7 Å². The maximum atomic E-state index is 2.55. The van der Waals surface area contributed by atoms with Gasteiger partial charge in [-0.25, -0.2) is 0 Å². The largest absolute Gasteiger partial charge is 0.311 e. The Balaban J connectivity index is 1.04. The van der Waals surface area contributed by atoms with Crippen LogP contribution in [0.15, 0.2) is 182 Å². The molecule has 5 aliphatic rings. The first-order valence-electron chi connectivity index (χ1n) is 22.3. The van der Waals surface area contributed by atoms with E-state index in [1.807, 2.05) is 0 Å². The van der Waals surface area contributed by atoms with Gasteiger partial charge in [0.2, 0.25) is 0 Å². The molecular formula is C57H54N2. The van der Waals surface area contributed by atoms with E-state index in [1.165, 1.54) is 99.6 Å². The number of para-hydroxylation sites is 3. The van der Waals surface area contributed by atoms with Crippen LogP contribution >= 0.6 is 0 Å². The van der Waals surface area contributed by atoms with Gasteiger partial charge >= 0.3 is 0 Å². The predicted molar refractivity (Wildman–Crippen MR) is 247 cm³/mol. The maximum Gasteiger partial charge on any atom is 0.0508 e. The van der Waals surface area contributed by atoms with Crippen molar-refractivity contribution < 1.29 is 0 Å². The zero-order valence-corrected chi connectivity index (χ0v) is 34.5. The summed E-state index contributed by atoms with van der Waals surface area (Å²) in [5.41, 5.74) is 16.0. The van der Waals surface area contributed by atoms with Gasteiger partial charge in [0, 0.05) is 39.3 Å². The van der Waals surface area contributed by atoms with E-state index in [2.05, 4.69) is 206 Å². The van der Waals surface area contributed by atoms with Gasteiger partial charge in [0.05, 0.1) is 5.69 Å². The standard InChI is InChI=1S/C57H54N2/c1-3-56(4-2)53-25-15-14-23-51(53)52-24-16-26-54(55(52)56)59(48-21-12-7-13-22-48)50-33-29-43(30-34-50)57(44-36-40-35-41(38-44)39-45(57)37-40)42-27-31-49(32-28-42)58(46-17-8-5-9-18-46)47-19-10-6-11-20-47/h5-34,40-41,44-45H,3-4,35-39H2,1-2H3. The highest BCUT2D eigenvalue weighted by Crippen LogP contribution is 2.65. The molecule has 2 nitrogen and oxygen atoms in total. The second-order valence-corrected chi connectivity index (χ2v) is 18.0. The van der Waals surface area contributed by atoms with Crippen molar-refractivity contribution in [2.45, 2.75) is 69.6 Å². The Bertz CT molecular complexity index is 2500. The van der Waals surface area contributed by atoms with Gasteiger partial charge in [0.1, 0.15) is 0 Å². The lowest BCUT2D eigenvalue weighted by molar-refractivity contribution is -0.0418. The molecule has 0 atom stereocenters. The van der Waals surface area contributed by atoms with Crippen LogP contribution in [0.2, 0.25) is 0 Å². The highest BCUT2D eigenvalue weighted by Gasteiger charge is 2.58. The summed E-state index contributed by atoms with van der Waals surface area (Å²) in [4.78, 5) is 4.94. The number of benzene rings is 7. The van der Waals surface area contributed by atoms with Gasteiger partial charge in [0.15, 0.2) is 0 Å². The van der Waals surface area contributed by atoms with Crippen LogP contribution in [-0.2, 0) is 10.8 Å². The van der Waals surface area contributed by atoms with E-state index in [1.54, 1.807) is 0 Å². The number of fused-ring (bicyclic) bond motifs is 3. The lowest BCUT2D eigenvalue weighted by Crippen LogP contribution is -2.56. The van der Waals surface area contributed by atoms with Gasteiger partial charge < -0.3 is 9.80 Å². The molecule has 2 heteroatoms. The maximum absolute atomic E-state index is 2.55. The van der Waals surface area contributed by atoms with Gasteiger partial charge in [-0.2, -0.15) is 0 Å². The number of anilines is 6. The molecule has 4 saturated carbocycles. The zero-order valence-electron chi connectivity index (χ0n) is 34.5. The minimum Gasteiger partial charge on any atom is -0.311 e. The van der Waals surface area contributed by atoms with E-state index in [4.69, 9.17) is 0 Å². The molecule has 59 heavy (non-hydrogen) atoms. The predicted octanol–water partition coefficient (Wildman–Crippen LogP) is 15.5. The van der Waals surface area contributed by atoms with Gasteiger partial charge in [-0.1, -0.05) is 129 Å². The first-order valence-corrected chi connectivity index (χ1v) is 22.3. The molecule has 0 heterocycles. The summed E-state index contributed by atoms with van der Waals surface area (Å²) in [7, 11) is 0. The lowest BCUT2D eigenvalue weighted by atomic mass is 9.42. The number of rotatable bonds is 10. The van der Waals surface area contributed by atoms with Crippen LogP contribution in [-0.4, -0.2) is 0 Å². The fourth-order valence-corrected chi connectivity index (χ4v) is 13.1. The molecule has 0 aromatic heterocycles. The van der Waals surface area contributed by atoms with Crippen molar-refractivity contribution in [3.05, 3.63) is 204 Å². The van der Waals surface area contributed by atoms with Gasteiger partial charge in [-0.3, -0.25) is 0 Å². The van der Waals surface area contributed by atoms with E-state index in [9.17, 15) is 0 Å². The fraction of sp³-hybridized carbons (Fsp3) is 0.263. The lowest BCUT2D eigenvalue weighted by Gasteiger charge is -2.62. The molecule has 0 spiro atoms. The smallest absolute Gasteiger partial charge is 0.0508 e. The summed E-state index contributed by atoms with van der Waals surface area (Å²) in [6, 6.07) is 68.6. The average Bonchev–Trinajstić information content (AvgIpc) is 3.59. The van der Waals surface area contributed by atoms with Crippen molar-refractivity contribution in [2.75, 3.05) is 9.80 Å². The molecule has 0 saturated heterocycles. The summed E-state index contributed by atoms with van der Waals surface area (Å²) in [5, 5.41) is 0. The van der Waals surface area contributed by atoms with E-state index in [0.29, 0.717) is 11.8 Å². The molecule has 0 radical (unpaired) electrons. The van der Waals surface area contributed by atoms with Crippen LogP contribution in [0.4, 0.5) is 34.1 Å². The molecule has 0 amide bonds. The van der Waals surface area contributed by atoms with Crippen LogP contribution < -0.4 is 9.80 Å². The highest BCUT2D eigenvalue weighted by atomic mass is 15.1. The van der Waals surface area contributed by atoms with Gasteiger partial charge in [0.25, 0.3) is 0 Å². The second-order valence-electron chi connectivity index (χ2n) is 18.0. The number of hydrogen-bond acceptors (Lipinski definition) is 2.